The molecule has 0 bridgehead atoms. The summed E-state index contributed by atoms with van der Waals surface area (Å²) in [5.74, 6) is -2.95. The number of carboxylic acids is 1. The molecule has 8 rings (SSSR count). The van der Waals surface area contributed by atoms with E-state index in [9.17, 15) is 57.6 Å². The van der Waals surface area contributed by atoms with E-state index < -0.39 is 132 Å². The number of anilines is 1. The van der Waals surface area contributed by atoms with Crippen LogP contribution in [-0.2, 0) is 84.5 Å². The van der Waals surface area contributed by atoms with Crippen molar-refractivity contribution in [2.45, 2.75) is 102 Å². The quantitative estimate of drug-likeness (QED) is 0.0289. The fourth-order valence-electron chi connectivity index (χ4n) is 9.84. The number of benzene rings is 2. The highest BCUT2D eigenvalue weighted by Gasteiger charge is 2.50. The number of aliphatic carboxylic acids is 1. The minimum absolute atomic E-state index is 0.0241. The van der Waals surface area contributed by atoms with Gasteiger partial charge in [0.1, 0.15) is 66.3 Å². The number of likely N-dealkylation sites (N-methyl/N-ethyl adjacent to an activating group) is 1. The van der Waals surface area contributed by atoms with Crippen molar-refractivity contribution < 1.29 is 85.6 Å². The summed E-state index contributed by atoms with van der Waals surface area (Å²) in [6, 6.07) is 6.26. The Bertz CT molecular complexity index is 3270. The zero-order valence-corrected chi connectivity index (χ0v) is 43.1. The number of ether oxygens (including phenoxy) is 6. The molecule has 24 nitrogen and oxygen atoms in total. The number of aromatic nitrogens is 2. The predicted octanol–water partition coefficient (Wildman–Crippen LogP) is 0.846. The number of hydrogen-bond acceptors (Lipinski definition) is 19. The van der Waals surface area contributed by atoms with E-state index in [0.717, 1.165) is 32.6 Å². The maximum atomic E-state index is 15.3. The molecule has 5 heterocycles. The first-order valence-corrected chi connectivity index (χ1v) is 26.4. The third-order valence-electron chi connectivity index (χ3n) is 14.0. The smallest absolute Gasteiger partial charge is 0.411 e. The zero-order chi connectivity index (χ0) is 55.8. The molecule has 2 unspecified atom stereocenters. The number of esters is 1. The van der Waals surface area contributed by atoms with E-state index in [1.807, 2.05) is 0 Å². The molecule has 2 aromatic heterocycles. The van der Waals surface area contributed by atoms with Gasteiger partial charge in [0, 0.05) is 48.5 Å². The van der Waals surface area contributed by atoms with E-state index in [1.54, 1.807) is 19.9 Å². The number of amides is 3. The van der Waals surface area contributed by atoms with Crippen molar-refractivity contribution in [3.8, 4) is 29.5 Å². The van der Waals surface area contributed by atoms with Crippen LogP contribution in [0.2, 0.25) is 0 Å². The van der Waals surface area contributed by atoms with Crippen LogP contribution >= 0.6 is 0 Å². The molecule has 2 aromatic carbocycles. The van der Waals surface area contributed by atoms with Crippen molar-refractivity contribution in [1.82, 2.24) is 19.4 Å². The Hall–Kier alpha value is -7.09. The van der Waals surface area contributed by atoms with Gasteiger partial charge in [-0.15, -0.1) is 6.42 Å². The summed E-state index contributed by atoms with van der Waals surface area (Å²) < 4.78 is 75.4. The standard InChI is InChI=1S/C51H57FN6O18S/c1-6-14-71-15-12-38(60)56(4)21-37(59)54-33-17-26(8-11-36(33)75-48-44(63)42(61)43(62)45(76-48)47(65)66)22-73-50(68)57(13-16-77(5,69)70)24-74-51(7-2)30-18-35-41-28(20-58(35)46(64)29(30)23-72-49(51)67)39-32(53)10-9-27-25(3)31(52)19-34(55-41)40(27)39/h1,8,11,17-19,32,42-45,48,61-63H,7,9-10,12-16,20-24,53H2,2-5H3,(H,54,59)(H,65,66)/t32-,42-,43-,44?,45?,48+,51-/m0/s1. The highest BCUT2D eigenvalue weighted by molar-refractivity contribution is 7.90. The lowest BCUT2D eigenvalue weighted by atomic mass is 9.82. The number of pyridine rings is 2. The molecule has 412 valence electrons. The third kappa shape index (κ3) is 11.2. The number of nitrogens with one attached hydrogen (secondary N) is 1. The Morgan fingerprint density at radius 3 is 2.55 bits per heavy atom. The molecule has 0 radical (unpaired) electrons. The Morgan fingerprint density at radius 1 is 1.09 bits per heavy atom. The number of carbonyl (C=O) groups excluding carboxylic acids is 4. The summed E-state index contributed by atoms with van der Waals surface area (Å²) in [4.78, 5) is 87.2. The fourth-order valence-corrected chi connectivity index (χ4v) is 10.4. The van der Waals surface area contributed by atoms with Crippen LogP contribution in [0.1, 0.15) is 71.2 Å². The van der Waals surface area contributed by atoms with Crippen LogP contribution in [0.25, 0.3) is 22.3 Å². The fraction of sp³-hybridized carbons (Fsp3) is 0.471. The van der Waals surface area contributed by atoms with Gasteiger partial charge in [0.25, 0.3) is 5.56 Å². The van der Waals surface area contributed by atoms with Gasteiger partial charge >= 0.3 is 18.0 Å². The molecular formula is C51H57FN6O18S. The first kappa shape index (κ1) is 56.1. The molecular weight excluding hydrogens is 1040 g/mol. The number of carbonyl (C=O) groups is 5. The van der Waals surface area contributed by atoms with Gasteiger partial charge < -0.3 is 69.4 Å². The van der Waals surface area contributed by atoms with Crippen LogP contribution in [-0.4, -0.2) is 161 Å². The molecule has 26 heteroatoms. The van der Waals surface area contributed by atoms with E-state index in [0.29, 0.717) is 40.9 Å². The van der Waals surface area contributed by atoms with Gasteiger partial charge in [-0.3, -0.25) is 19.3 Å². The molecule has 3 aliphatic heterocycles. The number of aryl methyl sites for hydroxylation is 1. The number of aliphatic hydroxyl groups is 3. The SMILES string of the molecule is C#CCOCCC(=O)N(C)CC(=O)Nc1cc(COC(=O)N(CCS(C)(=O)=O)CO[C@]2(CC)C(=O)OCc3c2cc2n(c3=O)Cc3c-2nc2cc(F)c(C)c4c2c3[C@@H](N)CC4)ccc1O[C@@H]1OC(C(=O)O)[C@@H](O)[C@H](O)C1O. The van der Waals surface area contributed by atoms with Crippen molar-refractivity contribution >= 4 is 56.3 Å². The van der Waals surface area contributed by atoms with Gasteiger partial charge in [0.15, 0.2) is 11.7 Å². The Balaban J connectivity index is 1.06. The van der Waals surface area contributed by atoms with Crippen molar-refractivity contribution in [2.75, 3.05) is 57.4 Å². The maximum absolute atomic E-state index is 15.3. The van der Waals surface area contributed by atoms with Gasteiger partial charge in [-0.25, -0.2) is 32.2 Å². The van der Waals surface area contributed by atoms with Crippen molar-refractivity contribution in [3.05, 3.63) is 85.4 Å². The number of halogens is 1. The lowest BCUT2D eigenvalue weighted by Crippen LogP contribution is -2.61. The minimum Gasteiger partial charge on any atom is -0.479 e. The number of sulfone groups is 1. The second-order valence-electron chi connectivity index (χ2n) is 19.1. The summed E-state index contributed by atoms with van der Waals surface area (Å²) >= 11 is 0. The molecule has 0 saturated carbocycles. The number of nitrogens with two attached hydrogens (primary N) is 1. The van der Waals surface area contributed by atoms with Gasteiger partial charge in [0.05, 0.1) is 60.0 Å². The summed E-state index contributed by atoms with van der Waals surface area (Å²) in [7, 11) is -2.41. The van der Waals surface area contributed by atoms with Crippen LogP contribution in [0.3, 0.4) is 0 Å². The maximum Gasteiger partial charge on any atom is 0.411 e. The van der Waals surface area contributed by atoms with E-state index >= 15 is 4.39 Å². The molecule has 4 aromatic rings. The molecule has 1 saturated heterocycles. The van der Waals surface area contributed by atoms with E-state index in [2.05, 4.69) is 11.2 Å². The number of nitrogens with zero attached hydrogens (tertiary/aromatic N) is 4. The molecule has 1 fully saturated rings. The average molecular weight is 1090 g/mol. The van der Waals surface area contributed by atoms with Crippen LogP contribution in [0.4, 0.5) is 14.9 Å². The monoisotopic (exact) mass is 1090 g/mol. The summed E-state index contributed by atoms with van der Waals surface area (Å²) in [5.41, 5.74) is 8.06. The highest BCUT2D eigenvalue weighted by atomic mass is 32.2. The van der Waals surface area contributed by atoms with E-state index in [1.165, 1.54) is 35.9 Å². The first-order chi connectivity index (χ1) is 36.5. The number of cyclic esters (lactones) is 1. The number of hydrogen-bond donors (Lipinski definition) is 6. The molecule has 7 atom stereocenters. The summed E-state index contributed by atoms with van der Waals surface area (Å²) in [5, 5.41) is 44.2. The normalized spacial score (nSPS) is 22.2. The van der Waals surface area contributed by atoms with Crippen LogP contribution < -0.4 is 21.3 Å². The van der Waals surface area contributed by atoms with Gasteiger partial charge in [-0.1, -0.05) is 18.9 Å². The first-order valence-electron chi connectivity index (χ1n) is 24.3. The van der Waals surface area contributed by atoms with E-state index in [-0.39, 0.29) is 60.7 Å². The van der Waals surface area contributed by atoms with Crippen molar-refractivity contribution in [3.63, 3.8) is 0 Å². The molecule has 1 aliphatic carbocycles. The number of fused-ring (bicyclic) bond motifs is 5. The van der Waals surface area contributed by atoms with Crippen molar-refractivity contribution in [1.29, 1.82) is 0 Å². The summed E-state index contributed by atoms with van der Waals surface area (Å²) in [6.07, 6.45) is -4.30. The second-order valence-corrected chi connectivity index (χ2v) is 21.4. The average Bonchev–Trinajstić information content (AvgIpc) is 3.80. The molecule has 3 amide bonds. The number of carboxylic acid groups (broad SMARTS) is 1. The highest BCUT2D eigenvalue weighted by Crippen LogP contribution is 2.46. The lowest BCUT2D eigenvalue weighted by Gasteiger charge is -2.38. The predicted molar refractivity (Wildman–Crippen MR) is 267 cm³/mol. The molecule has 0 spiro atoms. The Morgan fingerprint density at radius 2 is 1.84 bits per heavy atom. The number of terminal acetylenes is 1. The lowest BCUT2D eigenvalue weighted by molar-refractivity contribution is -0.271. The van der Waals surface area contributed by atoms with Crippen LogP contribution in [0.15, 0.2) is 35.1 Å². The zero-order valence-electron chi connectivity index (χ0n) is 42.3. The van der Waals surface area contributed by atoms with Crippen molar-refractivity contribution in [2.24, 2.45) is 5.73 Å². The topological polar surface area (TPSA) is 335 Å². The van der Waals surface area contributed by atoms with Gasteiger partial charge in [0.2, 0.25) is 18.1 Å². The van der Waals surface area contributed by atoms with E-state index in [4.69, 9.17) is 45.6 Å². The summed E-state index contributed by atoms with van der Waals surface area (Å²) in [6.45, 7) is 0.481. The Labute approximate surface area is 439 Å². The van der Waals surface area contributed by atoms with Crippen LogP contribution in [0, 0.1) is 25.1 Å². The third-order valence-corrected chi connectivity index (χ3v) is 15.0. The Kier molecular flexibility index (Phi) is 16.4. The van der Waals surface area contributed by atoms with Gasteiger partial charge in [-0.05, 0) is 66.6 Å². The molecule has 4 aliphatic rings. The minimum atomic E-state index is -3.75. The number of rotatable bonds is 19. The van der Waals surface area contributed by atoms with Crippen LogP contribution in [0.5, 0.6) is 5.75 Å². The second kappa shape index (κ2) is 22.5. The molecule has 77 heavy (non-hydrogen) atoms. The number of aliphatic hydroxyl groups excluding tert-OH is 3. The largest absolute Gasteiger partial charge is 0.479 e. The van der Waals surface area contributed by atoms with Gasteiger partial charge in [-0.2, -0.15) is 0 Å². The molecule has 7 N–H and O–H groups in total.